The molecule has 0 aromatic carbocycles. The lowest BCUT2D eigenvalue weighted by atomic mass is 10.1. The van der Waals surface area contributed by atoms with Crippen molar-refractivity contribution in [2.75, 3.05) is 7.11 Å². The highest BCUT2D eigenvalue weighted by molar-refractivity contribution is 7.12. The SMILES string of the molecule is COC(=O)c1cc(CNC(C)c2cc(C)sc2C)oc1C. The van der Waals surface area contributed by atoms with Crippen LogP contribution in [0.2, 0.25) is 0 Å². The third-order valence-corrected chi connectivity index (χ3v) is 4.48. The van der Waals surface area contributed by atoms with Gasteiger partial charge in [0.25, 0.3) is 0 Å². The average Bonchev–Trinajstić information content (AvgIpc) is 2.97. The van der Waals surface area contributed by atoms with E-state index in [4.69, 9.17) is 9.15 Å². The van der Waals surface area contributed by atoms with Crippen molar-refractivity contribution in [3.63, 3.8) is 0 Å². The Morgan fingerprint density at radius 3 is 2.67 bits per heavy atom. The molecule has 1 N–H and O–H groups in total. The van der Waals surface area contributed by atoms with Crippen LogP contribution in [0, 0.1) is 20.8 Å². The first-order valence-corrected chi connectivity index (χ1v) is 7.72. The van der Waals surface area contributed by atoms with Gasteiger partial charge in [0.2, 0.25) is 0 Å². The van der Waals surface area contributed by atoms with Crippen LogP contribution in [0.1, 0.15) is 50.2 Å². The molecule has 0 amide bonds. The fourth-order valence-electron chi connectivity index (χ4n) is 2.39. The number of nitrogens with one attached hydrogen (secondary N) is 1. The summed E-state index contributed by atoms with van der Waals surface area (Å²) in [5, 5.41) is 3.43. The summed E-state index contributed by atoms with van der Waals surface area (Å²) < 4.78 is 10.3. The molecular formula is C16H21NO3S. The van der Waals surface area contributed by atoms with Crippen molar-refractivity contribution in [1.82, 2.24) is 5.32 Å². The Morgan fingerprint density at radius 2 is 2.10 bits per heavy atom. The van der Waals surface area contributed by atoms with Crippen LogP contribution in [0.4, 0.5) is 0 Å². The van der Waals surface area contributed by atoms with E-state index in [1.165, 1.54) is 22.4 Å². The molecule has 0 aliphatic carbocycles. The molecule has 5 heteroatoms. The van der Waals surface area contributed by atoms with Gasteiger partial charge in [0.1, 0.15) is 17.1 Å². The van der Waals surface area contributed by atoms with Gasteiger partial charge in [-0.25, -0.2) is 4.79 Å². The maximum absolute atomic E-state index is 11.6. The highest BCUT2D eigenvalue weighted by Gasteiger charge is 2.16. The molecule has 0 fully saturated rings. The maximum Gasteiger partial charge on any atom is 0.341 e. The van der Waals surface area contributed by atoms with E-state index in [9.17, 15) is 4.79 Å². The van der Waals surface area contributed by atoms with Gasteiger partial charge in [-0.05, 0) is 45.4 Å². The number of methoxy groups -OCH3 is 1. The number of carbonyl (C=O) groups excluding carboxylic acids is 1. The second-order valence-electron chi connectivity index (χ2n) is 5.15. The molecule has 2 rings (SSSR count). The van der Waals surface area contributed by atoms with Gasteiger partial charge in [-0.3, -0.25) is 0 Å². The molecular weight excluding hydrogens is 286 g/mol. The molecule has 1 unspecified atom stereocenters. The zero-order valence-corrected chi connectivity index (χ0v) is 13.9. The quantitative estimate of drug-likeness (QED) is 0.851. The molecule has 1 atom stereocenters. The number of hydrogen-bond donors (Lipinski definition) is 1. The highest BCUT2D eigenvalue weighted by Crippen LogP contribution is 2.26. The highest BCUT2D eigenvalue weighted by atomic mass is 32.1. The van der Waals surface area contributed by atoms with Crippen LogP contribution in [0.25, 0.3) is 0 Å². The topological polar surface area (TPSA) is 51.5 Å². The summed E-state index contributed by atoms with van der Waals surface area (Å²) in [5.41, 5.74) is 1.80. The van der Waals surface area contributed by atoms with Gasteiger partial charge in [-0.1, -0.05) is 0 Å². The monoisotopic (exact) mass is 307 g/mol. The molecule has 21 heavy (non-hydrogen) atoms. The van der Waals surface area contributed by atoms with Crippen LogP contribution in [-0.2, 0) is 11.3 Å². The van der Waals surface area contributed by atoms with E-state index in [1.54, 1.807) is 13.0 Å². The second-order valence-corrected chi connectivity index (χ2v) is 6.61. The van der Waals surface area contributed by atoms with Crippen LogP contribution < -0.4 is 5.32 Å². The zero-order valence-electron chi connectivity index (χ0n) is 13.1. The number of rotatable bonds is 5. The van der Waals surface area contributed by atoms with Crippen molar-refractivity contribution >= 4 is 17.3 Å². The number of aryl methyl sites for hydroxylation is 3. The lowest BCUT2D eigenvalue weighted by Gasteiger charge is -2.12. The Balaban J connectivity index is 2.03. The number of furan rings is 1. The van der Waals surface area contributed by atoms with Crippen molar-refractivity contribution in [1.29, 1.82) is 0 Å². The first-order valence-electron chi connectivity index (χ1n) is 6.90. The van der Waals surface area contributed by atoms with Gasteiger partial charge in [0.05, 0.1) is 13.7 Å². The van der Waals surface area contributed by atoms with E-state index >= 15 is 0 Å². The first-order chi connectivity index (χ1) is 9.92. The fourth-order valence-corrected chi connectivity index (χ4v) is 3.41. The van der Waals surface area contributed by atoms with E-state index in [0.29, 0.717) is 17.9 Å². The molecule has 114 valence electrons. The van der Waals surface area contributed by atoms with Gasteiger partial charge >= 0.3 is 5.97 Å². The van der Waals surface area contributed by atoms with Gasteiger partial charge in [0.15, 0.2) is 0 Å². The molecule has 0 bridgehead atoms. The Bertz CT molecular complexity index is 642. The number of thiophene rings is 1. The molecule has 4 nitrogen and oxygen atoms in total. The molecule has 0 aliphatic heterocycles. The fraction of sp³-hybridized carbons (Fsp3) is 0.438. The van der Waals surface area contributed by atoms with E-state index in [2.05, 4.69) is 32.2 Å². The third-order valence-electron chi connectivity index (χ3n) is 3.50. The summed E-state index contributed by atoms with van der Waals surface area (Å²) in [4.78, 5) is 14.2. The second kappa shape index (κ2) is 6.45. The van der Waals surface area contributed by atoms with Gasteiger partial charge in [0, 0.05) is 15.8 Å². The summed E-state index contributed by atoms with van der Waals surface area (Å²) in [6.07, 6.45) is 0. The molecule has 2 aromatic rings. The molecule has 0 radical (unpaired) electrons. The predicted molar refractivity (Wildman–Crippen MR) is 83.8 cm³/mol. The van der Waals surface area contributed by atoms with Crippen LogP contribution in [0.5, 0.6) is 0 Å². The largest absolute Gasteiger partial charge is 0.465 e. The molecule has 0 saturated carbocycles. The van der Waals surface area contributed by atoms with Gasteiger partial charge in [-0.2, -0.15) is 0 Å². The number of hydrogen-bond acceptors (Lipinski definition) is 5. The molecule has 0 spiro atoms. The number of esters is 1. The third kappa shape index (κ3) is 3.54. The Hall–Kier alpha value is -1.59. The minimum absolute atomic E-state index is 0.238. The van der Waals surface area contributed by atoms with E-state index < -0.39 is 0 Å². The normalized spacial score (nSPS) is 12.4. The molecule has 2 aromatic heterocycles. The Labute approximate surface area is 129 Å². The zero-order chi connectivity index (χ0) is 15.6. The minimum Gasteiger partial charge on any atom is -0.465 e. The summed E-state index contributed by atoms with van der Waals surface area (Å²) in [6.45, 7) is 8.73. The Kier molecular flexibility index (Phi) is 4.85. The van der Waals surface area contributed by atoms with Gasteiger partial charge in [-0.15, -0.1) is 11.3 Å². The predicted octanol–water partition coefficient (Wildman–Crippen LogP) is 3.90. The van der Waals surface area contributed by atoms with Crippen molar-refractivity contribution in [2.24, 2.45) is 0 Å². The first kappa shape index (κ1) is 15.8. The van der Waals surface area contributed by atoms with Crippen LogP contribution in [0.15, 0.2) is 16.5 Å². The lowest BCUT2D eigenvalue weighted by molar-refractivity contribution is 0.0599. The van der Waals surface area contributed by atoms with E-state index in [-0.39, 0.29) is 12.0 Å². The van der Waals surface area contributed by atoms with Crippen molar-refractivity contribution in [3.05, 3.63) is 44.5 Å². The minimum atomic E-state index is -0.361. The van der Waals surface area contributed by atoms with E-state index in [1.807, 2.05) is 11.3 Å². The van der Waals surface area contributed by atoms with Crippen molar-refractivity contribution < 1.29 is 13.9 Å². The number of carbonyl (C=O) groups is 1. The molecule has 0 aliphatic rings. The van der Waals surface area contributed by atoms with Crippen molar-refractivity contribution in [3.8, 4) is 0 Å². The summed E-state index contributed by atoms with van der Waals surface area (Å²) in [6, 6.07) is 4.19. The van der Waals surface area contributed by atoms with E-state index in [0.717, 1.165) is 5.76 Å². The van der Waals surface area contributed by atoms with Crippen LogP contribution >= 0.6 is 11.3 Å². The van der Waals surface area contributed by atoms with Crippen molar-refractivity contribution in [2.45, 2.75) is 40.3 Å². The summed E-state index contributed by atoms with van der Waals surface area (Å²) in [7, 11) is 1.37. The maximum atomic E-state index is 11.6. The summed E-state index contributed by atoms with van der Waals surface area (Å²) in [5.74, 6) is 0.970. The lowest BCUT2D eigenvalue weighted by Crippen LogP contribution is -2.17. The smallest absolute Gasteiger partial charge is 0.341 e. The molecule has 0 saturated heterocycles. The van der Waals surface area contributed by atoms with Gasteiger partial charge < -0.3 is 14.5 Å². The standard InChI is InChI=1S/C16H21NO3S/c1-9-6-14(12(4)21-9)10(2)17-8-13-7-15(11(3)20-13)16(18)19-5/h6-7,10,17H,8H2,1-5H3. The average molecular weight is 307 g/mol. The summed E-state index contributed by atoms with van der Waals surface area (Å²) >= 11 is 1.81. The number of ether oxygens (including phenoxy) is 1. The van der Waals surface area contributed by atoms with Crippen LogP contribution in [0.3, 0.4) is 0 Å². The van der Waals surface area contributed by atoms with Crippen LogP contribution in [-0.4, -0.2) is 13.1 Å². The Morgan fingerprint density at radius 1 is 1.38 bits per heavy atom. The molecule has 2 heterocycles.